The van der Waals surface area contributed by atoms with Gasteiger partial charge in [0.1, 0.15) is 5.78 Å². The van der Waals surface area contributed by atoms with Crippen molar-refractivity contribution in [3.05, 3.63) is 60.2 Å². The number of benzene rings is 1. The minimum Gasteiger partial charge on any atom is -0.393 e. The van der Waals surface area contributed by atoms with E-state index in [2.05, 4.69) is 0 Å². The van der Waals surface area contributed by atoms with Gasteiger partial charge in [-0.2, -0.15) is 0 Å². The molecule has 0 aromatic heterocycles. The normalized spacial score (nSPS) is 23.1. The van der Waals surface area contributed by atoms with Crippen molar-refractivity contribution in [3.8, 4) is 0 Å². The van der Waals surface area contributed by atoms with Crippen molar-refractivity contribution in [1.82, 2.24) is 0 Å². The number of unbranched alkanes of at least 4 members (excludes halogenated alkanes) is 1. The number of halogens is 2. The maximum absolute atomic E-state index is 14.3. The lowest BCUT2D eigenvalue weighted by atomic mass is 9.89. The number of ether oxygens (including phenoxy) is 1. The average molecular weight is 467 g/mol. The molecule has 0 heterocycles. The molecular weight excluding hydrogens is 426 g/mol. The minimum atomic E-state index is -3.04. The number of Topliss-reactive ketones (excluding diaryl/α,β-unsaturated/α-hetero) is 1. The summed E-state index contributed by atoms with van der Waals surface area (Å²) in [6.07, 6.45) is 6.77. The standard InChI is InChI=1S/C25H34F2O4.C2H6/c1-19(28)9-5-2-3-8-12-21-22(24(30)17-23(21)29)13-14-25(26,27)15-16-31-18-20-10-6-4-7-11-20;1-2/h3-4,6-8,10-11,13-14,21-24,29-30H,2,5,9,12,15-18H2,1H3;1-2H3/b8-3-,14-13?;/t21-,22-,23+,24-;/m1./s1. The maximum Gasteiger partial charge on any atom is 0.268 e. The molecule has 0 aliphatic heterocycles. The van der Waals surface area contributed by atoms with Crippen LogP contribution in [0.4, 0.5) is 8.78 Å². The van der Waals surface area contributed by atoms with E-state index in [0.717, 1.165) is 24.5 Å². The smallest absolute Gasteiger partial charge is 0.268 e. The number of alkyl halides is 2. The van der Waals surface area contributed by atoms with Crippen LogP contribution in [0.25, 0.3) is 0 Å². The van der Waals surface area contributed by atoms with Crippen molar-refractivity contribution >= 4 is 5.78 Å². The molecule has 0 spiro atoms. The van der Waals surface area contributed by atoms with Crippen molar-refractivity contribution in [2.45, 2.75) is 84.0 Å². The molecule has 0 radical (unpaired) electrons. The molecule has 0 unspecified atom stereocenters. The predicted octanol–water partition coefficient (Wildman–Crippen LogP) is 5.87. The summed E-state index contributed by atoms with van der Waals surface area (Å²) in [6.45, 7) is 5.77. The van der Waals surface area contributed by atoms with Crippen molar-refractivity contribution in [1.29, 1.82) is 0 Å². The Kier molecular flexibility index (Phi) is 14.0. The lowest BCUT2D eigenvalue weighted by molar-refractivity contribution is -0.117. The summed E-state index contributed by atoms with van der Waals surface area (Å²) >= 11 is 0. The number of carbonyl (C=O) groups is 1. The van der Waals surface area contributed by atoms with Crippen LogP contribution in [0, 0.1) is 11.8 Å². The Morgan fingerprint density at radius 1 is 1.15 bits per heavy atom. The van der Waals surface area contributed by atoms with Crippen molar-refractivity contribution in [3.63, 3.8) is 0 Å². The van der Waals surface area contributed by atoms with Crippen molar-refractivity contribution in [2.75, 3.05) is 6.61 Å². The number of allylic oxidation sites excluding steroid dienone is 3. The van der Waals surface area contributed by atoms with Crippen LogP contribution in [0.1, 0.15) is 64.9 Å². The number of hydrogen-bond donors (Lipinski definition) is 2. The van der Waals surface area contributed by atoms with Gasteiger partial charge in [-0.25, -0.2) is 8.78 Å². The van der Waals surface area contributed by atoms with E-state index >= 15 is 0 Å². The van der Waals surface area contributed by atoms with E-state index in [0.29, 0.717) is 12.8 Å². The predicted molar refractivity (Wildman–Crippen MR) is 128 cm³/mol. The van der Waals surface area contributed by atoms with Gasteiger partial charge in [0.25, 0.3) is 5.92 Å². The molecule has 0 saturated heterocycles. The van der Waals surface area contributed by atoms with Gasteiger partial charge in [0.2, 0.25) is 0 Å². The van der Waals surface area contributed by atoms with Crippen LogP contribution in [0.3, 0.4) is 0 Å². The molecule has 1 aliphatic rings. The Morgan fingerprint density at radius 2 is 1.85 bits per heavy atom. The van der Waals surface area contributed by atoms with Crippen LogP contribution in [-0.2, 0) is 16.1 Å². The van der Waals surface area contributed by atoms with E-state index in [4.69, 9.17) is 4.74 Å². The number of ketones is 1. The molecular formula is C27H40F2O4. The third-order valence-electron chi connectivity index (χ3n) is 5.64. The minimum absolute atomic E-state index is 0.0749. The average Bonchev–Trinajstić information content (AvgIpc) is 3.06. The molecule has 0 bridgehead atoms. The van der Waals surface area contributed by atoms with Gasteiger partial charge in [-0.05, 0) is 43.7 Å². The van der Waals surface area contributed by atoms with E-state index in [1.807, 2.05) is 56.3 Å². The third-order valence-corrected chi connectivity index (χ3v) is 5.64. The van der Waals surface area contributed by atoms with Gasteiger partial charge in [0.05, 0.1) is 25.4 Å². The Balaban J connectivity index is 0.00000265. The van der Waals surface area contributed by atoms with E-state index in [9.17, 15) is 23.8 Å². The fourth-order valence-corrected chi connectivity index (χ4v) is 3.85. The number of rotatable bonds is 13. The van der Waals surface area contributed by atoms with E-state index in [1.165, 1.54) is 6.08 Å². The molecule has 2 N–H and O–H groups in total. The molecule has 33 heavy (non-hydrogen) atoms. The summed E-state index contributed by atoms with van der Waals surface area (Å²) < 4.78 is 33.9. The Morgan fingerprint density at radius 3 is 2.52 bits per heavy atom. The Hall–Kier alpha value is -1.89. The highest BCUT2D eigenvalue weighted by Gasteiger charge is 2.40. The lowest BCUT2D eigenvalue weighted by Crippen LogP contribution is -2.22. The van der Waals surface area contributed by atoms with Crippen LogP contribution in [0.5, 0.6) is 0 Å². The molecule has 1 aliphatic carbocycles. The van der Waals surface area contributed by atoms with E-state index < -0.39 is 30.5 Å². The lowest BCUT2D eigenvalue weighted by Gasteiger charge is -2.20. The second-order valence-electron chi connectivity index (χ2n) is 8.32. The van der Waals surface area contributed by atoms with E-state index in [1.54, 1.807) is 6.92 Å². The number of aliphatic hydroxyl groups excluding tert-OH is 2. The Labute approximate surface area is 197 Å². The molecule has 0 amide bonds. The molecule has 186 valence electrons. The van der Waals surface area contributed by atoms with Crippen LogP contribution >= 0.6 is 0 Å². The van der Waals surface area contributed by atoms with E-state index in [-0.39, 0.29) is 31.3 Å². The molecule has 1 saturated carbocycles. The second-order valence-corrected chi connectivity index (χ2v) is 8.32. The van der Waals surface area contributed by atoms with Gasteiger partial charge in [-0.3, -0.25) is 0 Å². The fraction of sp³-hybridized carbons (Fsp3) is 0.593. The quantitative estimate of drug-likeness (QED) is 0.282. The molecule has 1 aromatic rings. The molecule has 1 aromatic carbocycles. The van der Waals surface area contributed by atoms with Crippen molar-refractivity contribution < 1.29 is 28.5 Å². The van der Waals surface area contributed by atoms with Crippen LogP contribution < -0.4 is 0 Å². The number of hydrogen-bond acceptors (Lipinski definition) is 4. The third kappa shape index (κ3) is 11.7. The zero-order valence-electron chi connectivity index (χ0n) is 20.1. The highest BCUT2D eigenvalue weighted by molar-refractivity contribution is 5.75. The zero-order chi connectivity index (χ0) is 24.7. The van der Waals surface area contributed by atoms with Gasteiger partial charge in [0.15, 0.2) is 0 Å². The largest absolute Gasteiger partial charge is 0.393 e. The summed E-state index contributed by atoms with van der Waals surface area (Å²) in [6, 6.07) is 9.38. The molecule has 1 fully saturated rings. The first-order valence-corrected chi connectivity index (χ1v) is 12.0. The maximum atomic E-state index is 14.3. The SMILES string of the molecule is CC.CC(=O)CCC/C=C\C[C@@H]1[C@@H](C=CC(F)(F)CCOCc2ccccc2)[C@H](O)C[C@@H]1O. The molecule has 2 rings (SSSR count). The molecule has 4 atom stereocenters. The topological polar surface area (TPSA) is 66.8 Å². The number of carbonyl (C=O) groups excluding carboxylic acids is 1. The molecule has 4 nitrogen and oxygen atoms in total. The Bertz CT molecular complexity index is 718. The van der Waals surface area contributed by atoms with Crippen molar-refractivity contribution in [2.24, 2.45) is 11.8 Å². The summed E-state index contributed by atoms with van der Waals surface area (Å²) in [5.41, 5.74) is 0.932. The zero-order valence-corrected chi connectivity index (χ0v) is 20.1. The van der Waals surface area contributed by atoms with Gasteiger partial charge in [-0.15, -0.1) is 0 Å². The first-order chi connectivity index (χ1) is 15.8. The summed E-state index contributed by atoms with van der Waals surface area (Å²) in [5.74, 6) is -3.72. The fourth-order valence-electron chi connectivity index (χ4n) is 3.85. The van der Waals surface area contributed by atoms with Crippen LogP contribution in [0.15, 0.2) is 54.6 Å². The monoisotopic (exact) mass is 466 g/mol. The summed E-state index contributed by atoms with van der Waals surface area (Å²) in [5, 5.41) is 20.5. The first kappa shape index (κ1) is 29.1. The van der Waals surface area contributed by atoms with Gasteiger partial charge in [0, 0.05) is 25.2 Å². The number of aliphatic hydroxyl groups is 2. The summed E-state index contributed by atoms with van der Waals surface area (Å²) in [7, 11) is 0. The highest BCUT2D eigenvalue weighted by Crippen LogP contribution is 2.37. The van der Waals surface area contributed by atoms with Gasteiger partial charge < -0.3 is 19.7 Å². The highest BCUT2D eigenvalue weighted by atomic mass is 19.3. The van der Waals surface area contributed by atoms with Gasteiger partial charge in [-0.1, -0.05) is 62.4 Å². The van der Waals surface area contributed by atoms with Crippen LogP contribution in [-0.4, -0.2) is 40.7 Å². The van der Waals surface area contributed by atoms with Gasteiger partial charge >= 0.3 is 0 Å². The van der Waals surface area contributed by atoms with Crippen LogP contribution in [0.2, 0.25) is 0 Å². The first-order valence-electron chi connectivity index (χ1n) is 12.0. The molecule has 6 heteroatoms. The second kappa shape index (κ2) is 15.9. The summed E-state index contributed by atoms with van der Waals surface area (Å²) in [4.78, 5) is 10.9.